The Balaban J connectivity index is 1.51. The van der Waals surface area contributed by atoms with Gasteiger partial charge in [-0.1, -0.05) is 12.1 Å². The van der Waals surface area contributed by atoms with Crippen LogP contribution in [0.1, 0.15) is 42.6 Å². The zero-order valence-electron chi connectivity index (χ0n) is 13.4. The monoisotopic (exact) mass is 341 g/mol. The number of carbonyl (C=O) groups is 1. The lowest BCUT2D eigenvalue weighted by Crippen LogP contribution is -2.40. The number of pyridine rings is 1. The lowest BCUT2D eigenvalue weighted by atomic mass is 10.2. The molecule has 0 aliphatic carbocycles. The highest BCUT2D eigenvalue weighted by atomic mass is 32.1. The predicted octanol–water partition coefficient (Wildman–Crippen LogP) is 3.40. The minimum absolute atomic E-state index is 0.0360. The molecule has 1 aliphatic heterocycles. The van der Waals surface area contributed by atoms with Gasteiger partial charge in [0.15, 0.2) is 11.5 Å². The number of fused-ring (bicyclic) bond motifs is 1. The van der Waals surface area contributed by atoms with Gasteiger partial charge in [-0.3, -0.25) is 4.40 Å². The van der Waals surface area contributed by atoms with Crippen LogP contribution in [0.25, 0.3) is 5.65 Å². The highest BCUT2D eigenvalue weighted by molar-refractivity contribution is 7.10. The molecule has 3 aromatic heterocycles. The van der Waals surface area contributed by atoms with E-state index >= 15 is 0 Å². The summed E-state index contributed by atoms with van der Waals surface area (Å²) in [6.45, 7) is 2.74. The zero-order chi connectivity index (χ0) is 16.5. The normalized spacial score (nSPS) is 18.9. The maximum absolute atomic E-state index is 12.8. The number of urea groups is 1. The van der Waals surface area contributed by atoms with Crippen LogP contribution in [0.5, 0.6) is 0 Å². The molecule has 24 heavy (non-hydrogen) atoms. The first-order valence-corrected chi connectivity index (χ1v) is 9.02. The average Bonchev–Trinajstić information content (AvgIpc) is 3.33. The molecule has 0 bridgehead atoms. The SMILES string of the molecule is CC(NC(=O)N1CCCC1c1cccs1)c1nnc2ccccn12. The second-order valence-corrected chi connectivity index (χ2v) is 7.00. The van der Waals surface area contributed by atoms with E-state index < -0.39 is 0 Å². The molecular formula is C17H19N5OS. The third kappa shape index (κ3) is 2.65. The van der Waals surface area contributed by atoms with Crippen molar-refractivity contribution in [2.75, 3.05) is 6.54 Å². The molecule has 7 heteroatoms. The molecule has 124 valence electrons. The van der Waals surface area contributed by atoms with Crippen LogP contribution in [-0.4, -0.2) is 32.1 Å². The summed E-state index contributed by atoms with van der Waals surface area (Å²) in [6, 6.07) is 9.85. The van der Waals surface area contributed by atoms with Gasteiger partial charge in [0.2, 0.25) is 0 Å². The Morgan fingerprint density at radius 2 is 2.25 bits per heavy atom. The Bertz CT molecular complexity index is 844. The van der Waals surface area contributed by atoms with Crippen molar-refractivity contribution in [3.63, 3.8) is 0 Å². The van der Waals surface area contributed by atoms with Gasteiger partial charge in [0.25, 0.3) is 0 Å². The van der Waals surface area contributed by atoms with Crippen molar-refractivity contribution in [2.24, 2.45) is 0 Å². The highest BCUT2D eigenvalue weighted by Gasteiger charge is 2.31. The van der Waals surface area contributed by atoms with Crippen LogP contribution in [-0.2, 0) is 0 Å². The first-order valence-electron chi connectivity index (χ1n) is 8.14. The summed E-state index contributed by atoms with van der Waals surface area (Å²) in [4.78, 5) is 15.9. The number of nitrogens with zero attached hydrogens (tertiary/aromatic N) is 4. The Hall–Kier alpha value is -2.41. The van der Waals surface area contributed by atoms with Crippen molar-refractivity contribution in [3.8, 4) is 0 Å². The summed E-state index contributed by atoms with van der Waals surface area (Å²) in [6.07, 6.45) is 3.98. The molecule has 0 aromatic carbocycles. The Kier molecular flexibility index (Phi) is 3.93. The van der Waals surface area contributed by atoms with Crippen LogP contribution >= 0.6 is 11.3 Å². The summed E-state index contributed by atoms with van der Waals surface area (Å²) in [5, 5.41) is 13.5. The second kappa shape index (κ2) is 6.24. The molecule has 4 heterocycles. The van der Waals surface area contributed by atoms with Gasteiger partial charge in [0.1, 0.15) is 0 Å². The second-order valence-electron chi connectivity index (χ2n) is 6.03. The third-order valence-electron chi connectivity index (χ3n) is 4.45. The number of amides is 2. The predicted molar refractivity (Wildman–Crippen MR) is 92.9 cm³/mol. The molecule has 4 rings (SSSR count). The van der Waals surface area contributed by atoms with E-state index in [4.69, 9.17) is 0 Å². The lowest BCUT2D eigenvalue weighted by Gasteiger charge is -2.25. The molecule has 6 nitrogen and oxygen atoms in total. The molecule has 1 fully saturated rings. The van der Waals surface area contributed by atoms with Crippen LogP contribution in [0.3, 0.4) is 0 Å². The van der Waals surface area contributed by atoms with Crippen molar-refractivity contribution in [1.29, 1.82) is 0 Å². The Labute approximate surface area is 144 Å². The minimum atomic E-state index is -0.209. The van der Waals surface area contributed by atoms with Gasteiger partial charge in [0, 0.05) is 17.6 Å². The van der Waals surface area contributed by atoms with E-state index in [-0.39, 0.29) is 18.1 Å². The van der Waals surface area contributed by atoms with E-state index in [1.807, 2.05) is 46.7 Å². The molecule has 2 atom stereocenters. The van der Waals surface area contributed by atoms with Crippen LogP contribution < -0.4 is 5.32 Å². The first-order chi connectivity index (χ1) is 11.7. The molecule has 2 unspecified atom stereocenters. The van der Waals surface area contributed by atoms with E-state index in [0.29, 0.717) is 0 Å². The lowest BCUT2D eigenvalue weighted by molar-refractivity contribution is 0.190. The number of thiophene rings is 1. The number of nitrogens with one attached hydrogen (secondary N) is 1. The molecule has 2 amide bonds. The molecule has 3 aromatic rings. The fourth-order valence-corrected chi connectivity index (χ4v) is 4.15. The van der Waals surface area contributed by atoms with Crippen molar-refractivity contribution >= 4 is 23.0 Å². The molecule has 1 saturated heterocycles. The van der Waals surface area contributed by atoms with Crippen molar-refractivity contribution in [3.05, 3.63) is 52.6 Å². The molecule has 0 saturated carbocycles. The Morgan fingerprint density at radius 3 is 3.08 bits per heavy atom. The maximum Gasteiger partial charge on any atom is 0.318 e. The molecular weight excluding hydrogens is 322 g/mol. The largest absolute Gasteiger partial charge is 0.328 e. The summed E-state index contributed by atoms with van der Waals surface area (Å²) in [5.74, 6) is 0.742. The smallest absolute Gasteiger partial charge is 0.318 e. The van der Waals surface area contributed by atoms with Crippen LogP contribution in [0.15, 0.2) is 41.9 Å². The van der Waals surface area contributed by atoms with Crippen LogP contribution in [0.2, 0.25) is 0 Å². The van der Waals surface area contributed by atoms with Gasteiger partial charge < -0.3 is 10.2 Å². The van der Waals surface area contributed by atoms with Crippen molar-refractivity contribution < 1.29 is 4.79 Å². The topological polar surface area (TPSA) is 62.5 Å². The van der Waals surface area contributed by atoms with Crippen LogP contribution in [0.4, 0.5) is 4.79 Å². The summed E-state index contributed by atoms with van der Waals surface area (Å²) < 4.78 is 1.91. The van der Waals surface area contributed by atoms with Gasteiger partial charge in [-0.25, -0.2) is 4.79 Å². The highest BCUT2D eigenvalue weighted by Crippen LogP contribution is 2.34. The number of hydrogen-bond acceptors (Lipinski definition) is 4. The van der Waals surface area contributed by atoms with E-state index in [0.717, 1.165) is 30.9 Å². The number of carbonyl (C=O) groups excluding carboxylic acids is 1. The van der Waals surface area contributed by atoms with Crippen molar-refractivity contribution in [1.82, 2.24) is 24.8 Å². The summed E-state index contributed by atoms with van der Waals surface area (Å²) in [5.41, 5.74) is 0.784. The van der Waals surface area contributed by atoms with E-state index in [1.165, 1.54) is 4.88 Å². The minimum Gasteiger partial charge on any atom is -0.328 e. The summed E-state index contributed by atoms with van der Waals surface area (Å²) in [7, 11) is 0. The van der Waals surface area contributed by atoms with E-state index in [1.54, 1.807) is 11.3 Å². The van der Waals surface area contributed by atoms with Gasteiger partial charge in [-0.15, -0.1) is 21.5 Å². The zero-order valence-corrected chi connectivity index (χ0v) is 14.2. The van der Waals surface area contributed by atoms with E-state index in [9.17, 15) is 4.79 Å². The van der Waals surface area contributed by atoms with Gasteiger partial charge >= 0.3 is 6.03 Å². The molecule has 0 radical (unpaired) electrons. The van der Waals surface area contributed by atoms with Gasteiger partial charge in [-0.2, -0.15) is 0 Å². The maximum atomic E-state index is 12.8. The number of rotatable bonds is 3. The average molecular weight is 341 g/mol. The number of aromatic nitrogens is 3. The van der Waals surface area contributed by atoms with Crippen molar-refractivity contribution in [2.45, 2.75) is 31.8 Å². The Morgan fingerprint density at radius 1 is 1.33 bits per heavy atom. The number of likely N-dealkylation sites (tertiary alicyclic amines) is 1. The fourth-order valence-electron chi connectivity index (χ4n) is 3.27. The first kappa shape index (κ1) is 15.1. The molecule has 0 spiro atoms. The molecule has 1 aliphatic rings. The summed E-state index contributed by atoms with van der Waals surface area (Å²) >= 11 is 1.71. The van der Waals surface area contributed by atoms with E-state index in [2.05, 4.69) is 27.0 Å². The molecule has 1 N–H and O–H groups in total. The quantitative estimate of drug-likeness (QED) is 0.794. The number of hydrogen-bond donors (Lipinski definition) is 1. The fraction of sp³-hybridized carbons (Fsp3) is 0.353. The standard InChI is InChI=1S/C17H19N5OS/c1-12(16-20-19-15-8-2-3-9-22(15)16)18-17(23)21-10-4-6-13(21)14-7-5-11-24-14/h2-3,5,7-9,11-13H,4,6,10H2,1H3,(H,18,23). The van der Waals surface area contributed by atoms with Gasteiger partial charge in [-0.05, 0) is 43.3 Å². The van der Waals surface area contributed by atoms with Gasteiger partial charge in [0.05, 0.1) is 12.1 Å². The third-order valence-corrected chi connectivity index (χ3v) is 5.43. The van der Waals surface area contributed by atoms with Crippen LogP contribution in [0, 0.1) is 0 Å².